The molecule has 0 aliphatic heterocycles. The van der Waals surface area contributed by atoms with Crippen LogP contribution in [0.2, 0.25) is 0 Å². The lowest BCUT2D eigenvalue weighted by Gasteiger charge is -2.28. The van der Waals surface area contributed by atoms with E-state index in [1.165, 1.54) is 0 Å². The summed E-state index contributed by atoms with van der Waals surface area (Å²) in [6, 6.07) is 9.93. The van der Waals surface area contributed by atoms with Crippen molar-refractivity contribution in [1.82, 2.24) is 4.90 Å². The quantitative estimate of drug-likeness (QED) is 0.377. The van der Waals surface area contributed by atoms with Crippen LogP contribution in [0.1, 0.15) is 32.3 Å². The number of carbonyl (C=O) groups is 1. The molecule has 0 bridgehead atoms. The standard InChI is InChI=1S/C16H24N2O4/c1-3-22-16(19)13-17(12-15-9-5-4-6-10-15)14(2)8-7-11-18(20)21/h4-6,9-10,14H,3,7-8,11-13H2,1-2H3/t14-/m1/s1. The molecule has 6 nitrogen and oxygen atoms in total. The maximum Gasteiger partial charge on any atom is 0.320 e. The fraction of sp³-hybridized carbons (Fsp3) is 0.562. The molecule has 122 valence electrons. The Morgan fingerprint density at radius 2 is 2.05 bits per heavy atom. The molecule has 1 aromatic rings. The molecule has 1 atom stereocenters. The van der Waals surface area contributed by atoms with Gasteiger partial charge in [-0.3, -0.25) is 19.8 Å². The van der Waals surface area contributed by atoms with Crippen LogP contribution in [0, 0.1) is 10.1 Å². The van der Waals surface area contributed by atoms with Gasteiger partial charge in [-0.15, -0.1) is 0 Å². The van der Waals surface area contributed by atoms with E-state index in [0.717, 1.165) is 5.56 Å². The van der Waals surface area contributed by atoms with Crippen molar-refractivity contribution in [3.8, 4) is 0 Å². The minimum Gasteiger partial charge on any atom is -0.465 e. The lowest BCUT2D eigenvalue weighted by molar-refractivity contribution is -0.480. The number of esters is 1. The Kier molecular flexibility index (Phi) is 8.14. The van der Waals surface area contributed by atoms with Crippen molar-refractivity contribution in [1.29, 1.82) is 0 Å². The van der Waals surface area contributed by atoms with Gasteiger partial charge in [-0.2, -0.15) is 0 Å². The van der Waals surface area contributed by atoms with Crippen LogP contribution in [0.3, 0.4) is 0 Å². The molecule has 22 heavy (non-hydrogen) atoms. The van der Waals surface area contributed by atoms with Gasteiger partial charge >= 0.3 is 5.97 Å². The summed E-state index contributed by atoms with van der Waals surface area (Å²) < 4.78 is 5.01. The summed E-state index contributed by atoms with van der Waals surface area (Å²) in [5.74, 6) is -0.264. The van der Waals surface area contributed by atoms with E-state index >= 15 is 0 Å². The predicted octanol–water partition coefficient (Wildman–Crippen LogP) is 2.50. The van der Waals surface area contributed by atoms with E-state index in [-0.39, 0.29) is 30.0 Å². The highest BCUT2D eigenvalue weighted by Crippen LogP contribution is 2.12. The van der Waals surface area contributed by atoms with Crippen LogP contribution in [0.15, 0.2) is 30.3 Å². The van der Waals surface area contributed by atoms with Crippen molar-refractivity contribution in [2.24, 2.45) is 0 Å². The van der Waals surface area contributed by atoms with E-state index < -0.39 is 0 Å². The van der Waals surface area contributed by atoms with Crippen LogP contribution in [0.25, 0.3) is 0 Å². The van der Waals surface area contributed by atoms with Crippen LogP contribution in [-0.2, 0) is 16.1 Å². The predicted molar refractivity (Wildman–Crippen MR) is 84.0 cm³/mol. The Balaban J connectivity index is 2.63. The molecule has 0 heterocycles. The Hall–Kier alpha value is -1.95. The zero-order chi connectivity index (χ0) is 16.4. The third kappa shape index (κ3) is 7.17. The van der Waals surface area contributed by atoms with E-state index in [0.29, 0.717) is 26.0 Å². The summed E-state index contributed by atoms with van der Waals surface area (Å²) in [7, 11) is 0. The van der Waals surface area contributed by atoms with Crippen molar-refractivity contribution in [3.63, 3.8) is 0 Å². The molecule has 0 N–H and O–H groups in total. The topological polar surface area (TPSA) is 72.7 Å². The van der Waals surface area contributed by atoms with Gasteiger partial charge in [0.1, 0.15) is 0 Å². The average molecular weight is 308 g/mol. The van der Waals surface area contributed by atoms with Crippen molar-refractivity contribution in [3.05, 3.63) is 46.0 Å². The fourth-order valence-electron chi connectivity index (χ4n) is 2.26. The molecule has 0 saturated carbocycles. The summed E-state index contributed by atoms with van der Waals surface area (Å²) in [4.78, 5) is 23.9. The van der Waals surface area contributed by atoms with Crippen LogP contribution in [-0.4, -0.2) is 41.5 Å². The highest BCUT2D eigenvalue weighted by atomic mass is 16.6. The number of nitro groups is 1. The van der Waals surface area contributed by atoms with Gasteiger partial charge in [-0.1, -0.05) is 30.3 Å². The smallest absolute Gasteiger partial charge is 0.320 e. The van der Waals surface area contributed by atoms with Gasteiger partial charge in [-0.05, 0) is 25.8 Å². The van der Waals surface area contributed by atoms with Crippen molar-refractivity contribution in [2.75, 3.05) is 19.7 Å². The monoisotopic (exact) mass is 308 g/mol. The van der Waals surface area contributed by atoms with E-state index in [2.05, 4.69) is 0 Å². The Morgan fingerprint density at radius 1 is 1.36 bits per heavy atom. The first-order chi connectivity index (χ1) is 10.5. The summed E-state index contributed by atoms with van der Waals surface area (Å²) in [5.41, 5.74) is 1.10. The highest BCUT2D eigenvalue weighted by Gasteiger charge is 2.19. The third-order valence-electron chi connectivity index (χ3n) is 3.45. The molecule has 0 fully saturated rings. The number of hydrogen-bond donors (Lipinski definition) is 0. The van der Waals surface area contributed by atoms with Crippen LogP contribution >= 0.6 is 0 Å². The molecule has 0 unspecified atom stereocenters. The van der Waals surface area contributed by atoms with Crippen LogP contribution < -0.4 is 0 Å². The number of rotatable bonds is 10. The van der Waals surface area contributed by atoms with E-state index in [9.17, 15) is 14.9 Å². The molecule has 0 amide bonds. The summed E-state index contributed by atoms with van der Waals surface area (Å²) in [6.07, 6.45) is 1.18. The SMILES string of the molecule is CCOC(=O)CN(Cc1ccccc1)[C@H](C)CCC[N+](=O)[O-]. The Morgan fingerprint density at radius 3 is 2.64 bits per heavy atom. The number of carbonyl (C=O) groups excluding carboxylic acids is 1. The molecule has 0 aromatic heterocycles. The third-order valence-corrected chi connectivity index (χ3v) is 3.45. The second-order valence-corrected chi connectivity index (χ2v) is 5.24. The minimum absolute atomic E-state index is 0.0388. The molecule has 0 spiro atoms. The average Bonchev–Trinajstić information content (AvgIpc) is 2.47. The second kappa shape index (κ2) is 9.89. The first-order valence-electron chi connectivity index (χ1n) is 7.58. The molecule has 0 aliphatic rings. The molecule has 1 rings (SSSR count). The molecule has 0 aliphatic carbocycles. The van der Waals surface area contributed by atoms with Crippen molar-refractivity contribution >= 4 is 5.97 Å². The zero-order valence-electron chi connectivity index (χ0n) is 13.2. The van der Waals surface area contributed by atoms with E-state index in [1.807, 2.05) is 42.2 Å². The highest BCUT2D eigenvalue weighted by molar-refractivity contribution is 5.71. The van der Waals surface area contributed by atoms with E-state index in [1.54, 1.807) is 6.92 Å². The van der Waals surface area contributed by atoms with Crippen LogP contribution in [0.5, 0.6) is 0 Å². The Labute approximate surface area is 131 Å². The molecule has 0 saturated heterocycles. The number of benzene rings is 1. The second-order valence-electron chi connectivity index (χ2n) is 5.24. The molecular formula is C16H24N2O4. The first kappa shape index (κ1) is 18.1. The summed E-state index contributed by atoms with van der Waals surface area (Å²) in [5, 5.41) is 10.4. The number of nitrogens with zero attached hydrogens (tertiary/aromatic N) is 2. The van der Waals surface area contributed by atoms with Crippen molar-refractivity contribution < 1.29 is 14.5 Å². The summed E-state index contributed by atoms with van der Waals surface area (Å²) >= 11 is 0. The van der Waals surface area contributed by atoms with Gasteiger partial charge in [0.25, 0.3) is 0 Å². The number of hydrogen-bond acceptors (Lipinski definition) is 5. The van der Waals surface area contributed by atoms with Gasteiger partial charge < -0.3 is 4.74 Å². The van der Waals surface area contributed by atoms with Gasteiger partial charge in [0.15, 0.2) is 0 Å². The largest absolute Gasteiger partial charge is 0.465 e. The van der Waals surface area contributed by atoms with Crippen LogP contribution in [0.4, 0.5) is 0 Å². The maximum atomic E-state index is 11.8. The molecule has 6 heteroatoms. The van der Waals surface area contributed by atoms with Gasteiger partial charge in [0.05, 0.1) is 13.2 Å². The van der Waals surface area contributed by atoms with Gasteiger partial charge in [-0.25, -0.2) is 0 Å². The lowest BCUT2D eigenvalue weighted by atomic mass is 10.1. The molecular weight excluding hydrogens is 284 g/mol. The normalized spacial score (nSPS) is 12.1. The maximum absolute atomic E-state index is 11.8. The van der Waals surface area contributed by atoms with E-state index in [4.69, 9.17) is 4.74 Å². The van der Waals surface area contributed by atoms with Gasteiger partial charge in [0.2, 0.25) is 6.54 Å². The Bertz CT molecular complexity index is 464. The fourth-order valence-corrected chi connectivity index (χ4v) is 2.26. The van der Waals surface area contributed by atoms with Gasteiger partial charge in [0, 0.05) is 23.9 Å². The zero-order valence-corrected chi connectivity index (χ0v) is 13.2. The first-order valence-corrected chi connectivity index (χ1v) is 7.58. The lowest BCUT2D eigenvalue weighted by Crippen LogP contribution is -2.37. The summed E-state index contributed by atoms with van der Waals surface area (Å²) in [6.45, 7) is 4.90. The minimum atomic E-state index is -0.306. The number of ether oxygens (including phenoxy) is 1. The van der Waals surface area contributed by atoms with Crippen molar-refractivity contribution in [2.45, 2.75) is 39.3 Å². The molecule has 1 aromatic carbocycles. The molecule has 0 radical (unpaired) electrons.